The molecule has 2 fully saturated rings. The Morgan fingerprint density at radius 2 is 2.21 bits per heavy atom. The van der Waals surface area contributed by atoms with Gasteiger partial charge in [0, 0.05) is 37.8 Å². The summed E-state index contributed by atoms with van der Waals surface area (Å²) in [5.74, 6) is 0.716. The predicted octanol–water partition coefficient (Wildman–Crippen LogP) is 1.81. The second-order valence-corrected chi connectivity index (χ2v) is 5.70. The first-order chi connectivity index (χ1) is 9.32. The van der Waals surface area contributed by atoms with Crippen LogP contribution in [-0.2, 0) is 6.54 Å². The van der Waals surface area contributed by atoms with Crippen LogP contribution >= 0.6 is 0 Å². The van der Waals surface area contributed by atoms with Crippen LogP contribution in [0.3, 0.4) is 0 Å². The molecule has 1 spiro atoms. The molecule has 1 aromatic heterocycles. The van der Waals surface area contributed by atoms with Gasteiger partial charge in [-0.05, 0) is 18.9 Å². The number of methoxy groups -OCH3 is 1. The molecule has 0 radical (unpaired) electrons. The molecule has 1 saturated heterocycles. The van der Waals surface area contributed by atoms with Gasteiger partial charge in [0.2, 0.25) is 5.88 Å². The van der Waals surface area contributed by atoms with E-state index < -0.39 is 0 Å². The minimum absolute atomic E-state index is 0.378. The second-order valence-electron chi connectivity index (χ2n) is 5.70. The van der Waals surface area contributed by atoms with E-state index in [0.717, 1.165) is 31.9 Å². The van der Waals surface area contributed by atoms with Crippen molar-refractivity contribution in [2.24, 2.45) is 0 Å². The highest BCUT2D eigenvalue weighted by molar-refractivity contribution is 5.16. The fourth-order valence-corrected chi connectivity index (χ4v) is 3.51. The van der Waals surface area contributed by atoms with Gasteiger partial charge in [-0.3, -0.25) is 4.90 Å². The third-order valence-corrected chi connectivity index (χ3v) is 4.56. The summed E-state index contributed by atoms with van der Waals surface area (Å²) in [6.07, 6.45) is 5.38. The van der Waals surface area contributed by atoms with Crippen LogP contribution in [0.1, 0.15) is 31.4 Å². The van der Waals surface area contributed by atoms with Crippen molar-refractivity contribution in [2.45, 2.75) is 37.8 Å². The summed E-state index contributed by atoms with van der Waals surface area (Å²) in [4.78, 5) is 7.19. The van der Waals surface area contributed by atoms with Gasteiger partial charge in [0.05, 0.1) is 12.8 Å². The number of hydrogen-bond donors (Lipinski definition) is 1. The number of nitrogens with zero attached hydrogens (tertiary/aromatic N) is 2. The molecule has 4 nitrogen and oxygen atoms in total. The van der Waals surface area contributed by atoms with E-state index >= 15 is 0 Å². The molecule has 3 rings (SSSR count). The van der Waals surface area contributed by atoms with Crippen LogP contribution in [0, 0.1) is 0 Å². The van der Waals surface area contributed by atoms with Crippen molar-refractivity contribution in [3.05, 3.63) is 23.9 Å². The fourth-order valence-electron chi connectivity index (χ4n) is 3.51. The number of ether oxygens (including phenoxy) is 1. The van der Waals surface area contributed by atoms with Gasteiger partial charge in [0.15, 0.2) is 0 Å². The molecule has 104 valence electrons. The molecule has 1 aliphatic heterocycles. The Labute approximate surface area is 115 Å². The van der Waals surface area contributed by atoms with E-state index in [4.69, 9.17) is 4.74 Å². The zero-order chi connectivity index (χ0) is 13.1. The quantitative estimate of drug-likeness (QED) is 0.900. The molecule has 2 heterocycles. The molecule has 0 atom stereocenters. The molecule has 2 aliphatic rings. The molecule has 1 N–H and O–H groups in total. The minimum Gasteiger partial charge on any atom is -0.481 e. The molecule has 0 bridgehead atoms. The van der Waals surface area contributed by atoms with Crippen LogP contribution in [0.2, 0.25) is 0 Å². The van der Waals surface area contributed by atoms with Gasteiger partial charge >= 0.3 is 0 Å². The molecule has 1 saturated carbocycles. The highest BCUT2D eigenvalue weighted by Crippen LogP contribution is 2.36. The summed E-state index contributed by atoms with van der Waals surface area (Å²) in [5, 5.41) is 3.57. The maximum atomic E-state index is 5.22. The first-order valence-electron chi connectivity index (χ1n) is 7.28. The molecule has 0 unspecified atom stereocenters. The van der Waals surface area contributed by atoms with E-state index in [-0.39, 0.29) is 0 Å². The first-order valence-corrected chi connectivity index (χ1v) is 7.28. The van der Waals surface area contributed by atoms with Crippen molar-refractivity contribution in [2.75, 3.05) is 26.7 Å². The normalized spacial score (nSPS) is 22.8. The average Bonchev–Trinajstić information content (AvgIpc) is 2.91. The Morgan fingerprint density at radius 3 is 3.00 bits per heavy atom. The van der Waals surface area contributed by atoms with Gasteiger partial charge in [-0.15, -0.1) is 0 Å². The van der Waals surface area contributed by atoms with Crippen molar-refractivity contribution in [1.29, 1.82) is 0 Å². The van der Waals surface area contributed by atoms with Crippen LogP contribution in [0.5, 0.6) is 5.88 Å². The Kier molecular flexibility index (Phi) is 3.71. The van der Waals surface area contributed by atoms with Crippen molar-refractivity contribution in [3.8, 4) is 5.88 Å². The van der Waals surface area contributed by atoms with Crippen LogP contribution in [0.15, 0.2) is 18.2 Å². The molecular weight excluding hydrogens is 238 g/mol. The van der Waals surface area contributed by atoms with E-state index in [0.29, 0.717) is 11.4 Å². The topological polar surface area (TPSA) is 37.4 Å². The van der Waals surface area contributed by atoms with Gasteiger partial charge in [-0.1, -0.05) is 18.9 Å². The Hall–Kier alpha value is -1.13. The molecule has 4 heteroatoms. The zero-order valence-electron chi connectivity index (χ0n) is 11.7. The SMILES string of the molecule is COc1cccc(CN2CCNCC23CCCC3)n1. The lowest BCUT2D eigenvalue weighted by atomic mass is 9.92. The lowest BCUT2D eigenvalue weighted by molar-refractivity contribution is 0.0559. The van der Waals surface area contributed by atoms with Crippen molar-refractivity contribution < 1.29 is 4.74 Å². The predicted molar refractivity (Wildman–Crippen MR) is 75.3 cm³/mol. The number of pyridine rings is 1. The highest BCUT2D eigenvalue weighted by Gasteiger charge is 2.40. The van der Waals surface area contributed by atoms with Crippen molar-refractivity contribution in [1.82, 2.24) is 15.2 Å². The van der Waals surface area contributed by atoms with Gasteiger partial charge in [0.1, 0.15) is 0 Å². The summed E-state index contributed by atoms with van der Waals surface area (Å²) >= 11 is 0. The summed E-state index contributed by atoms with van der Waals surface area (Å²) in [7, 11) is 1.68. The third kappa shape index (κ3) is 2.60. The van der Waals surface area contributed by atoms with Crippen molar-refractivity contribution in [3.63, 3.8) is 0 Å². The minimum atomic E-state index is 0.378. The van der Waals surface area contributed by atoms with Gasteiger partial charge in [-0.25, -0.2) is 4.98 Å². The van der Waals surface area contributed by atoms with E-state index in [2.05, 4.69) is 21.3 Å². The standard InChI is InChI=1S/C15H23N3O/c1-19-14-6-4-5-13(17-14)11-18-10-9-16-12-15(18)7-2-3-8-15/h4-6,16H,2-3,7-12H2,1H3. The monoisotopic (exact) mass is 261 g/mol. The molecule has 19 heavy (non-hydrogen) atoms. The van der Waals surface area contributed by atoms with Crippen LogP contribution < -0.4 is 10.1 Å². The number of rotatable bonds is 3. The number of hydrogen-bond acceptors (Lipinski definition) is 4. The molecule has 1 aliphatic carbocycles. The molecule has 0 aromatic carbocycles. The second kappa shape index (κ2) is 5.47. The van der Waals surface area contributed by atoms with Gasteiger partial charge < -0.3 is 10.1 Å². The van der Waals surface area contributed by atoms with E-state index in [9.17, 15) is 0 Å². The maximum absolute atomic E-state index is 5.22. The molecular formula is C15H23N3O. The Morgan fingerprint density at radius 1 is 1.37 bits per heavy atom. The highest BCUT2D eigenvalue weighted by atomic mass is 16.5. The fraction of sp³-hybridized carbons (Fsp3) is 0.667. The summed E-state index contributed by atoms with van der Waals surface area (Å²) < 4.78 is 5.22. The van der Waals surface area contributed by atoms with Gasteiger partial charge in [-0.2, -0.15) is 0 Å². The van der Waals surface area contributed by atoms with Gasteiger partial charge in [0.25, 0.3) is 0 Å². The smallest absolute Gasteiger partial charge is 0.213 e. The largest absolute Gasteiger partial charge is 0.481 e. The van der Waals surface area contributed by atoms with E-state index in [1.807, 2.05) is 12.1 Å². The molecule has 1 aromatic rings. The average molecular weight is 261 g/mol. The lowest BCUT2D eigenvalue weighted by Crippen LogP contribution is -2.59. The Balaban J connectivity index is 1.76. The maximum Gasteiger partial charge on any atom is 0.213 e. The van der Waals surface area contributed by atoms with Crippen molar-refractivity contribution >= 4 is 0 Å². The third-order valence-electron chi connectivity index (χ3n) is 4.56. The summed E-state index contributed by atoms with van der Waals surface area (Å²) in [6.45, 7) is 4.29. The van der Waals surface area contributed by atoms with Crippen LogP contribution in [0.4, 0.5) is 0 Å². The van der Waals surface area contributed by atoms with Crippen LogP contribution in [-0.4, -0.2) is 42.2 Å². The van der Waals surface area contributed by atoms with E-state index in [1.54, 1.807) is 7.11 Å². The summed E-state index contributed by atoms with van der Waals surface area (Å²) in [6, 6.07) is 6.05. The Bertz CT molecular complexity index is 429. The molecule has 0 amide bonds. The number of aromatic nitrogens is 1. The number of piperazine rings is 1. The number of nitrogens with one attached hydrogen (secondary N) is 1. The first kappa shape index (κ1) is 12.9. The van der Waals surface area contributed by atoms with Crippen LogP contribution in [0.25, 0.3) is 0 Å². The lowest BCUT2D eigenvalue weighted by Gasteiger charge is -2.45. The van der Waals surface area contributed by atoms with E-state index in [1.165, 1.54) is 25.7 Å². The zero-order valence-corrected chi connectivity index (χ0v) is 11.7. The summed E-state index contributed by atoms with van der Waals surface area (Å²) in [5.41, 5.74) is 1.50.